The number of nitrogens with zero attached hydrogens (tertiary/aromatic N) is 1. The SMILES string of the molecule is CCn1cc(Br)cc1C(=O)Nc1cccc(Cl)c1Cl. The molecular formula is C13H11BrCl2N2O. The lowest BCUT2D eigenvalue weighted by molar-refractivity contribution is 0.101. The van der Waals surface area contributed by atoms with Gasteiger partial charge in [-0.3, -0.25) is 4.79 Å². The second-order valence-corrected chi connectivity index (χ2v) is 5.59. The number of nitrogens with one attached hydrogen (secondary N) is 1. The van der Waals surface area contributed by atoms with Gasteiger partial charge in [0, 0.05) is 17.2 Å². The van der Waals surface area contributed by atoms with Gasteiger partial charge in [-0.15, -0.1) is 0 Å². The molecule has 0 unspecified atom stereocenters. The number of halogens is 3. The van der Waals surface area contributed by atoms with E-state index in [1.54, 1.807) is 24.3 Å². The summed E-state index contributed by atoms with van der Waals surface area (Å²) in [6, 6.07) is 6.88. The highest BCUT2D eigenvalue weighted by molar-refractivity contribution is 9.10. The van der Waals surface area contributed by atoms with Crippen molar-refractivity contribution >= 4 is 50.7 Å². The third kappa shape index (κ3) is 3.14. The van der Waals surface area contributed by atoms with Crippen molar-refractivity contribution in [1.82, 2.24) is 4.57 Å². The summed E-state index contributed by atoms with van der Waals surface area (Å²) in [5, 5.41) is 3.51. The highest BCUT2D eigenvalue weighted by Gasteiger charge is 2.14. The lowest BCUT2D eigenvalue weighted by Gasteiger charge is -2.09. The number of hydrogen-bond acceptors (Lipinski definition) is 1. The number of amides is 1. The van der Waals surface area contributed by atoms with Crippen LogP contribution in [0.25, 0.3) is 0 Å². The summed E-state index contributed by atoms with van der Waals surface area (Å²) < 4.78 is 2.70. The Morgan fingerprint density at radius 3 is 2.84 bits per heavy atom. The summed E-state index contributed by atoms with van der Waals surface area (Å²) in [7, 11) is 0. The van der Waals surface area contributed by atoms with Crippen molar-refractivity contribution in [3.05, 3.63) is 50.7 Å². The van der Waals surface area contributed by atoms with E-state index in [0.717, 1.165) is 4.47 Å². The van der Waals surface area contributed by atoms with Gasteiger partial charge in [-0.25, -0.2) is 0 Å². The number of aryl methyl sites for hydroxylation is 1. The minimum Gasteiger partial charge on any atom is -0.343 e. The molecule has 0 aliphatic rings. The molecule has 19 heavy (non-hydrogen) atoms. The fraction of sp³-hybridized carbons (Fsp3) is 0.154. The number of hydrogen-bond donors (Lipinski definition) is 1. The summed E-state index contributed by atoms with van der Waals surface area (Å²) in [5.41, 5.74) is 1.06. The van der Waals surface area contributed by atoms with Crippen LogP contribution in [-0.2, 0) is 6.54 Å². The molecule has 1 heterocycles. The zero-order valence-electron chi connectivity index (χ0n) is 10.1. The maximum Gasteiger partial charge on any atom is 0.272 e. The average molecular weight is 362 g/mol. The first-order chi connectivity index (χ1) is 9.02. The van der Waals surface area contributed by atoms with Crippen LogP contribution < -0.4 is 5.32 Å². The number of carbonyl (C=O) groups is 1. The minimum absolute atomic E-state index is 0.225. The molecule has 100 valence electrons. The predicted molar refractivity (Wildman–Crippen MR) is 82.2 cm³/mol. The van der Waals surface area contributed by atoms with E-state index in [2.05, 4.69) is 21.2 Å². The van der Waals surface area contributed by atoms with Crippen molar-refractivity contribution in [2.24, 2.45) is 0 Å². The molecule has 2 rings (SSSR count). The van der Waals surface area contributed by atoms with Gasteiger partial charge in [0.05, 0.1) is 15.7 Å². The van der Waals surface area contributed by atoms with Crippen LogP contribution >= 0.6 is 39.1 Å². The first kappa shape index (κ1) is 14.4. The Hall–Kier alpha value is -0.970. The van der Waals surface area contributed by atoms with E-state index in [1.807, 2.05) is 17.7 Å². The molecule has 1 N–H and O–H groups in total. The minimum atomic E-state index is -0.225. The Balaban J connectivity index is 2.28. The summed E-state index contributed by atoms with van der Waals surface area (Å²) in [5.74, 6) is -0.225. The monoisotopic (exact) mass is 360 g/mol. The van der Waals surface area contributed by atoms with E-state index in [1.165, 1.54) is 0 Å². The number of benzene rings is 1. The van der Waals surface area contributed by atoms with Gasteiger partial charge in [0.25, 0.3) is 5.91 Å². The number of carbonyl (C=O) groups excluding carboxylic acids is 1. The fourth-order valence-corrected chi connectivity index (χ4v) is 2.53. The topological polar surface area (TPSA) is 34.0 Å². The molecule has 0 bridgehead atoms. The van der Waals surface area contributed by atoms with Crippen LogP contribution in [0.15, 0.2) is 34.9 Å². The zero-order valence-corrected chi connectivity index (χ0v) is 13.2. The molecule has 6 heteroatoms. The molecule has 2 aromatic rings. The van der Waals surface area contributed by atoms with E-state index in [9.17, 15) is 4.79 Å². The van der Waals surface area contributed by atoms with Gasteiger partial charge in [-0.1, -0.05) is 29.3 Å². The van der Waals surface area contributed by atoms with Gasteiger partial charge in [0.1, 0.15) is 5.69 Å². The van der Waals surface area contributed by atoms with Crippen LogP contribution in [0.2, 0.25) is 10.0 Å². The Bertz CT molecular complexity index is 625. The molecule has 0 aliphatic heterocycles. The third-order valence-electron chi connectivity index (χ3n) is 2.64. The highest BCUT2D eigenvalue weighted by atomic mass is 79.9. The van der Waals surface area contributed by atoms with Crippen molar-refractivity contribution in [3.63, 3.8) is 0 Å². The number of rotatable bonds is 3. The van der Waals surface area contributed by atoms with E-state index >= 15 is 0 Å². The third-order valence-corrected chi connectivity index (χ3v) is 3.89. The first-order valence-corrected chi connectivity index (χ1v) is 7.19. The Morgan fingerprint density at radius 2 is 2.16 bits per heavy atom. The fourth-order valence-electron chi connectivity index (χ4n) is 1.71. The van der Waals surface area contributed by atoms with Crippen molar-refractivity contribution in [2.45, 2.75) is 13.5 Å². The standard InChI is InChI=1S/C13H11BrCl2N2O/c1-2-18-7-8(14)6-11(18)13(19)17-10-5-3-4-9(15)12(10)16/h3-7H,2H2,1H3,(H,17,19). The molecule has 0 saturated heterocycles. The number of aromatic nitrogens is 1. The molecule has 1 aromatic carbocycles. The molecule has 1 amide bonds. The van der Waals surface area contributed by atoms with E-state index < -0.39 is 0 Å². The Kier molecular flexibility index (Phi) is 4.55. The van der Waals surface area contributed by atoms with Gasteiger partial charge in [-0.2, -0.15) is 0 Å². The highest BCUT2D eigenvalue weighted by Crippen LogP contribution is 2.30. The van der Waals surface area contributed by atoms with Gasteiger partial charge in [-0.05, 0) is 41.1 Å². The zero-order chi connectivity index (χ0) is 14.0. The number of anilines is 1. The molecule has 1 aromatic heterocycles. The van der Waals surface area contributed by atoms with Crippen molar-refractivity contribution < 1.29 is 4.79 Å². The van der Waals surface area contributed by atoms with Gasteiger partial charge in [0.2, 0.25) is 0 Å². The van der Waals surface area contributed by atoms with Gasteiger partial charge >= 0.3 is 0 Å². The second kappa shape index (κ2) is 5.99. The Labute approximate surface area is 129 Å². The van der Waals surface area contributed by atoms with Crippen LogP contribution in [0.5, 0.6) is 0 Å². The average Bonchev–Trinajstić information content (AvgIpc) is 2.76. The van der Waals surface area contributed by atoms with Crippen molar-refractivity contribution in [3.8, 4) is 0 Å². The summed E-state index contributed by atoms with van der Waals surface area (Å²) >= 11 is 15.3. The quantitative estimate of drug-likeness (QED) is 0.834. The molecule has 0 fully saturated rings. The summed E-state index contributed by atoms with van der Waals surface area (Å²) in [4.78, 5) is 12.2. The van der Waals surface area contributed by atoms with Crippen molar-refractivity contribution in [1.29, 1.82) is 0 Å². The van der Waals surface area contributed by atoms with Crippen LogP contribution in [0.3, 0.4) is 0 Å². The first-order valence-electron chi connectivity index (χ1n) is 5.64. The molecule has 0 atom stereocenters. The maximum atomic E-state index is 12.2. The lowest BCUT2D eigenvalue weighted by Crippen LogP contribution is -2.16. The second-order valence-electron chi connectivity index (χ2n) is 3.89. The van der Waals surface area contributed by atoms with Gasteiger partial charge < -0.3 is 9.88 Å². The predicted octanol–water partition coefficient (Wildman–Crippen LogP) is 4.83. The van der Waals surface area contributed by atoms with E-state index in [-0.39, 0.29) is 5.91 Å². The Morgan fingerprint density at radius 1 is 1.42 bits per heavy atom. The van der Waals surface area contributed by atoms with E-state index in [4.69, 9.17) is 23.2 Å². The molecule has 0 radical (unpaired) electrons. The van der Waals surface area contributed by atoms with Crippen LogP contribution in [0.1, 0.15) is 17.4 Å². The lowest BCUT2D eigenvalue weighted by atomic mass is 10.3. The molecular weight excluding hydrogens is 351 g/mol. The molecule has 3 nitrogen and oxygen atoms in total. The largest absolute Gasteiger partial charge is 0.343 e. The smallest absolute Gasteiger partial charge is 0.272 e. The normalized spacial score (nSPS) is 10.5. The van der Waals surface area contributed by atoms with Gasteiger partial charge in [0.15, 0.2) is 0 Å². The summed E-state index contributed by atoms with van der Waals surface area (Å²) in [6.07, 6.45) is 1.86. The van der Waals surface area contributed by atoms with Crippen LogP contribution in [-0.4, -0.2) is 10.5 Å². The molecule has 0 aliphatic carbocycles. The maximum absolute atomic E-state index is 12.2. The van der Waals surface area contributed by atoms with Crippen LogP contribution in [0, 0.1) is 0 Å². The van der Waals surface area contributed by atoms with Crippen LogP contribution in [0.4, 0.5) is 5.69 Å². The van der Waals surface area contributed by atoms with Crippen molar-refractivity contribution in [2.75, 3.05) is 5.32 Å². The molecule has 0 saturated carbocycles. The molecule has 0 spiro atoms. The summed E-state index contributed by atoms with van der Waals surface area (Å²) in [6.45, 7) is 2.67. The van der Waals surface area contributed by atoms with E-state index in [0.29, 0.717) is 28.0 Å².